The van der Waals surface area contributed by atoms with Crippen LogP contribution in [0.25, 0.3) is 0 Å². The van der Waals surface area contributed by atoms with Crippen molar-refractivity contribution in [2.24, 2.45) is 0 Å². The molecule has 1 rings (SSSR count). The number of nitrogens with one attached hydrogen (secondary N) is 1. The molecule has 0 bridgehead atoms. The van der Waals surface area contributed by atoms with Crippen molar-refractivity contribution in [3.63, 3.8) is 0 Å². The summed E-state index contributed by atoms with van der Waals surface area (Å²) in [5.41, 5.74) is 0. The number of likely N-dealkylation sites (tertiary alicyclic amines) is 1. The van der Waals surface area contributed by atoms with Crippen molar-refractivity contribution >= 4 is 0 Å². The van der Waals surface area contributed by atoms with Crippen LogP contribution in [0.2, 0.25) is 0 Å². The lowest BCUT2D eigenvalue weighted by Crippen LogP contribution is -2.49. The number of β-amino-alcohol motifs (C(OH)–C–C–N with tert-alkyl or cyclic N) is 1. The van der Waals surface area contributed by atoms with Gasteiger partial charge in [-0.3, -0.25) is 4.90 Å². The first-order chi connectivity index (χ1) is 6.93. The van der Waals surface area contributed by atoms with E-state index in [4.69, 9.17) is 5.11 Å². The molecule has 2 N–H and O–H groups in total. The Kier molecular flexibility index (Phi) is 4.36. The molecule has 6 heteroatoms. The van der Waals surface area contributed by atoms with Gasteiger partial charge in [0, 0.05) is 19.1 Å². The van der Waals surface area contributed by atoms with Crippen molar-refractivity contribution in [2.75, 3.05) is 26.7 Å². The molecule has 1 aliphatic rings. The zero-order valence-electron chi connectivity index (χ0n) is 8.72. The molecular formula is C9H17F3N2O. The Balaban J connectivity index is 2.38. The number of rotatable bonds is 3. The molecule has 0 radical (unpaired) electrons. The van der Waals surface area contributed by atoms with Gasteiger partial charge in [0.2, 0.25) is 0 Å². The van der Waals surface area contributed by atoms with Crippen molar-refractivity contribution in [3.05, 3.63) is 0 Å². The minimum atomic E-state index is -4.51. The summed E-state index contributed by atoms with van der Waals surface area (Å²) in [6.45, 7) is 0.886. The summed E-state index contributed by atoms with van der Waals surface area (Å²) in [6.07, 6.45) is -4.88. The van der Waals surface area contributed by atoms with E-state index in [9.17, 15) is 13.2 Å². The molecule has 0 spiro atoms. The van der Waals surface area contributed by atoms with Gasteiger partial charge in [0.15, 0.2) is 6.10 Å². The topological polar surface area (TPSA) is 35.5 Å². The number of aliphatic hydroxyl groups excluding tert-OH is 1. The first kappa shape index (κ1) is 12.7. The molecule has 0 aromatic heterocycles. The molecular weight excluding hydrogens is 209 g/mol. The maximum absolute atomic E-state index is 12.1. The highest BCUT2D eigenvalue weighted by Crippen LogP contribution is 2.21. The van der Waals surface area contributed by atoms with Crippen LogP contribution in [-0.4, -0.2) is 55.0 Å². The predicted octanol–water partition coefficient (Wildman–Crippen LogP) is 0.593. The van der Waals surface area contributed by atoms with E-state index in [1.54, 1.807) is 11.9 Å². The predicted molar refractivity (Wildman–Crippen MR) is 50.6 cm³/mol. The van der Waals surface area contributed by atoms with Crippen LogP contribution in [0.4, 0.5) is 13.2 Å². The van der Waals surface area contributed by atoms with Gasteiger partial charge in [0.1, 0.15) is 0 Å². The van der Waals surface area contributed by atoms with E-state index in [-0.39, 0.29) is 12.6 Å². The van der Waals surface area contributed by atoms with Crippen molar-refractivity contribution in [1.82, 2.24) is 10.2 Å². The van der Waals surface area contributed by atoms with Crippen molar-refractivity contribution in [3.8, 4) is 0 Å². The molecule has 1 aliphatic heterocycles. The standard InChI is InChI=1S/C9H17F3N2O/c1-13-7-3-2-4-14(5-7)6-8(15)9(10,11)12/h7-8,13,15H,2-6H2,1H3. The molecule has 0 amide bonds. The van der Waals surface area contributed by atoms with Gasteiger partial charge in [0.25, 0.3) is 0 Å². The molecule has 2 atom stereocenters. The molecule has 3 nitrogen and oxygen atoms in total. The SMILES string of the molecule is CNC1CCCN(CC(O)C(F)(F)F)C1. The van der Waals surface area contributed by atoms with Gasteiger partial charge in [-0.2, -0.15) is 13.2 Å². The van der Waals surface area contributed by atoms with E-state index in [0.717, 1.165) is 12.8 Å². The lowest BCUT2D eigenvalue weighted by molar-refractivity contribution is -0.208. The second-order valence-electron chi connectivity index (χ2n) is 3.94. The Hall–Kier alpha value is -0.330. The van der Waals surface area contributed by atoms with Crippen LogP contribution < -0.4 is 5.32 Å². The smallest absolute Gasteiger partial charge is 0.382 e. The number of hydrogen-bond acceptors (Lipinski definition) is 3. The Morgan fingerprint density at radius 2 is 2.20 bits per heavy atom. The number of alkyl halides is 3. The zero-order chi connectivity index (χ0) is 11.5. The Labute approximate surface area is 87.3 Å². The molecule has 1 saturated heterocycles. The molecule has 0 aromatic rings. The van der Waals surface area contributed by atoms with Gasteiger partial charge < -0.3 is 10.4 Å². The van der Waals surface area contributed by atoms with Crippen LogP contribution in [0.1, 0.15) is 12.8 Å². The van der Waals surface area contributed by atoms with Crippen molar-refractivity contribution in [1.29, 1.82) is 0 Å². The van der Waals surface area contributed by atoms with E-state index in [1.807, 2.05) is 0 Å². The quantitative estimate of drug-likeness (QED) is 0.739. The molecule has 0 aliphatic carbocycles. The van der Waals surface area contributed by atoms with Gasteiger partial charge in [0.05, 0.1) is 0 Å². The Morgan fingerprint density at radius 1 is 1.53 bits per heavy atom. The summed E-state index contributed by atoms with van der Waals surface area (Å²) < 4.78 is 36.3. The number of halogens is 3. The van der Waals surface area contributed by atoms with E-state index in [2.05, 4.69) is 5.32 Å². The van der Waals surface area contributed by atoms with Crippen LogP contribution in [0.5, 0.6) is 0 Å². The third-order valence-corrected chi connectivity index (χ3v) is 2.72. The molecule has 2 unspecified atom stereocenters. The Bertz CT molecular complexity index is 198. The summed E-state index contributed by atoms with van der Waals surface area (Å²) in [7, 11) is 1.80. The largest absolute Gasteiger partial charge is 0.415 e. The minimum absolute atomic E-state index is 0.235. The Morgan fingerprint density at radius 3 is 2.73 bits per heavy atom. The fraction of sp³-hybridized carbons (Fsp3) is 1.00. The molecule has 1 fully saturated rings. The second-order valence-corrected chi connectivity index (χ2v) is 3.94. The summed E-state index contributed by atoms with van der Waals surface area (Å²) in [6, 6.07) is 0.235. The number of likely N-dealkylation sites (N-methyl/N-ethyl adjacent to an activating group) is 1. The number of piperidine rings is 1. The average molecular weight is 226 g/mol. The lowest BCUT2D eigenvalue weighted by atomic mass is 10.1. The third kappa shape index (κ3) is 3.96. The molecule has 15 heavy (non-hydrogen) atoms. The first-order valence-electron chi connectivity index (χ1n) is 5.08. The number of nitrogens with zero attached hydrogens (tertiary/aromatic N) is 1. The fourth-order valence-electron chi connectivity index (χ4n) is 1.81. The molecule has 90 valence electrons. The maximum atomic E-state index is 12.1. The van der Waals surface area contributed by atoms with Crippen LogP contribution in [0.3, 0.4) is 0 Å². The molecule has 0 aromatic carbocycles. The summed E-state index contributed by atoms with van der Waals surface area (Å²) in [5.74, 6) is 0. The second kappa shape index (κ2) is 5.14. The maximum Gasteiger partial charge on any atom is 0.415 e. The number of aliphatic hydroxyl groups is 1. The van der Waals surface area contributed by atoms with Crippen molar-refractivity contribution in [2.45, 2.75) is 31.2 Å². The van der Waals surface area contributed by atoms with Gasteiger partial charge in [-0.1, -0.05) is 0 Å². The minimum Gasteiger partial charge on any atom is -0.382 e. The van der Waals surface area contributed by atoms with Gasteiger partial charge in [-0.15, -0.1) is 0 Å². The van der Waals surface area contributed by atoms with Crippen LogP contribution >= 0.6 is 0 Å². The highest BCUT2D eigenvalue weighted by Gasteiger charge is 2.39. The van der Waals surface area contributed by atoms with Crippen LogP contribution in [0, 0.1) is 0 Å². The zero-order valence-corrected chi connectivity index (χ0v) is 8.72. The fourth-order valence-corrected chi connectivity index (χ4v) is 1.81. The van der Waals surface area contributed by atoms with Crippen LogP contribution in [-0.2, 0) is 0 Å². The summed E-state index contributed by atoms with van der Waals surface area (Å²) in [4.78, 5) is 1.66. The van der Waals surface area contributed by atoms with Crippen LogP contribution in [0.15, 0.2) is 0 Å². The first-order valence-corrected chi connectivity index (χ1v) is 5.08. The van der Waals surface area contributed by atoms with E-state index in [0.29, 0.717) is 13.1 Å². The lowest BCUT2D eigenvalue weighted by Gasteiger charge is -2.33. The normalized spacial score (nSPS) is 26.6. The summed E-state index contributed by atoms with van der Waals surface area (Å²) in [5, 5.41) is 12.0. The highest BCUT2D eigenvalue weighted by atomic mass is 19.4. The van der Waals surface area contributed by atoms with Gasteiger partial charge >= 0.3 is 6.18 Å². The van der Waals surface area contributed by atoms with E-state index < -0.39 is 12.3 Å². The molecule has 1 heterocycles. The number of hydrogen-bond donors (Lipinski definition) is 2. The molecule has 0 saturated carbocycles. The third-order valence-electron chi connectivity index (χ3n) is 2.72. The van der Waals surface area contributed by atoms with Crippen molar-refractivity contribution < 1.29 is 18.3 Å². The average Bonchev–Trinajstić information content (AvgIpc) is 2.16. The highest BCUT2D eigenvalue weighted by molar-refractivity contribution is 4.80. The summed E-state index contributed by atoms with van der Waals surface area (Å²) >= 11 is 0. The monoisotopic (exact) mass is 226 g/mol. The van der Waals surface area contributed by atoms with Gasteiger partial charge in [-0.05, 0) is 26.4 Å². The van der Waals surface area contributed by atoms with E-state index >= 15 is 0 Å². The van der Waals surface area contributed by atoms with E-state index in [1.165, 1.54) is 0 Å². The van der Waals surface area contributed by atoms with Gasteiger partial charge in [-0.25, -0.2) is 0 Å².